The smallest absolute Gasteiger partial charge is 0.339 e. The van der Waals surface area contributed by atoms with E-state index < -0.39 is 17.2 Å². The maximum absolute atomic E-state index is 13.8. The van der Waals surface area contributed by atoms with Gasteiger partial charge in [-0.25, -0.2) is 14.2 Å². The molecule has 0 aliphatic rings. The molecule has 0 N–H and O–H groups in total. The molecule has 3 aromatic carbocycles. The van der Waals surface area contributed by atoms with E-state index in [4.69, 9.17) is 14.0 Å². The highest BCUT2D eigenvalue weighted by Crippen LogP contribution is 2.27. The van der Waals surface area contributed by atoms with Crippen LogP contribution in [-0.4, -0.2) is 39.0 Å². The average molecular weight is 498 g/mol. The number of para-hydroxylation sites is 3. The Hall–Kier alpha value is -4.99. The molecule has 2 heterocycles. The van der Waals surface area contributed by atoms with Crippen LogP contribution in [0.2, 0.25) is 0 Å². The highest BCUT2D eigenvalue weighted by molar-refractivity contribution is 5.93. The molecule has 0 bridgehead atoms. The number of methoxy groups -OCH3 is 1. The van der Waals surface area contributed by atoms with Gasteiger partial charge in [0.1, 0.15) is 12.3 Å². The van der Waals surface area contributed by atoms with Gasteiger partial charge in [-0.2, -0.15) is 4.98 Å². The van der Waals surface area contributed by atoms with Gasteiger partial charge in [-0.1, -0.05) is 41.6 Å². The summed E-state index contributed by atoms with van der Waals surface area (Å²) >= 11 is 0. The fourth-order valence-electron chi connectivity index (χ4n) is 4.13. The molecule has 0 spiro atoms. The SMILES string of the molecule is CCOc1ccccc1-c1noc(Cn2c(=O)n(-c3ccccc3C(=O)OC)c(=O)c3ccccc32)n1. The van der Waals surface area contributed by atoms with Crippen molar-refractivity contribution < 1.29 is 18.8 Å². The van der Waals surface area contributed by atoms with E-state index in [2.05, 4.69) is 10.1 Å². The number of rotatable bonds is 7. The molecular weight excluding hydrogens is 476 g/mol. The second-order valence-electron chi connectivity index (χ2n) is 7.98. The second kappa shape index (κ2) is 9.94. The Balaban J connectivity index is 1.66. The summed E-state index contributed by atoms with van der Waals surface area (Å²) in [6, 6.07) is 20.3. The van der Waals surface area contributed by atoms with Gasteiger partial charge >= 0.3 is 11.7 Å². The summed E-state index contributed by atoms with van der Waals surface area (Å²) in [6.45, 7) is 2.24. The molecule has 186 valence electrons. The molecule has 5 aromatic rings. The van der Waals surface area contributed by atoms with E-state index in [1.54, 1.807) is 36.4 Å². The van der Waals surface area contributed by atoms with Gasteiger partial charge in [-0.3, -0.25) is 9.36 Å². The third-order valence-corrected chi connectivity index (χ3v) is 5.79. The fourth-order valence-corrected chi connectivity index (χ4v) is 4.13. The van der Waals surface area contributed by atoms with Gasteiger partial charge in [0.05, 0.1) is 41.4 Å². The largest absolute Gasteiger partial charge is 0.493 e. The van der Waals surface area contributed by atoms with Crippen LogP contribution >= 0.6 is 0 Å². The van der Waals surface area contributed by atoms with Crippen LogP contribution in [-0.2, 0) is 11.3 Å². The minimum absolute atomic E-state index is 0.0821. The lowest BCUT2D eigenvalue weighted by molar-refractivity contribution is 0.0600. The molecule has 0 amide bonds. The number of benzene rings is 3. The number of aromatic nitrogens is 4. The van der Waals surface area contributed by atoms with Gasteiger partial charge < -0.3 is 14.0 Å². The topological polar surface area (TPSA) is 118 Å². The summed E-state index contributed by atoms with van der Waals surface area (Å²) in [5.41, 5.74) is -0.00812. The maximum Gasteiger partial charge on any atom is 0.339 e. The van der Waals surface area contributed by atoms with Gasteiger partial charge in [0.25, 0.3) is 5.56 Å². The summed E-state index contributed by atoms with van der Waals surface area (Å²) in [6.07, 6.45) is 0. The predicted molar refractivity (Wildman–Crippen MR) is 135 cm³/mol. The van der Waals surface area contributed by atoms with Crippen molar-refractivity contribution in [2.75, 3.05) is 13.7 Å². The molecule has 10 nitrogen and oxygen atoms in total. The Bertz CT molecular complexity index is 1730. The molecule has 5 rings (SSSR count). The van der Waals surface area contributed by atoms with E-state index in [-0.39, 0.29) is 29.1 Å². The van der Waals surface area contributed by atoms with E-state index in [1.807, 2.05) is 31.2 Å². The molecule has 0 saturated heterocycles. The predicted octanol–water partition coefficient (Wildman–Crippen LogP) is 3.44. The zero-order valence-electron chi connectivity index (χ0n) is 20.1. The molecule has 0 radical (unpaired) electrons. The standard InChI is InChI=1S/C27H22N4O6/c1-3-36-22-15-9-6-12-19(22)24-28-23(37-29-24)16-30-20-13-7-4-10-17(20)25(32)31(27(30)34)21-14-8-5-11-18(21)26(33)35-2/h4-15H,3,16H2,1-2H3. The van der Waals surface area contributed by atoms with Crippen molar-refractivity contribution in [1.82, 2.24) is 19.3 Å². The van der Waals surface area contributed by atoms with Crippen molar-refractivity contribution in [3.8, 4) is 22.8 Å². The van der Waals surface area contributed by atoms with Gasteiger partial charge in [-0.05, 0) is 43.3 Å². The van der Waals surface area contributed by atoms with Gasteiger partial charge in [0.2, 0.25) is 11.7 Å². The lowest BCUT2D eigenvalue weighted by Crippen LogP contribution is -2.40. The van der Waals surface area contributed by atoms with Crippen molar-refractivity contribution in [3.05, 3.63) is 105 Å². The molecule has 0 aliphatic carbocycles. The van der Waals surface area contributed by atoms with Crippen molar-refractivity contribution in [2.45, 2.75) is 13.5 Å². The van der Waals surface area contributed by atoms with Crippen molar-refractivity contribution >= 4 is 16.9 Å². The molecule has 37 heavy (non-hydrogen) atoms. The number of carbonyl (C=O) groups is 1. The van der Waals surface area contributed by atoms with E-state index in [9.17, 15) is 14.4 Å². The van der Waals surface area contributed by atoms with Crippen LogP contribution in [0.1, 0.15) is 23.2 Å². The van der Waals surface area contributed by atoms with E-state index in [0.717, 1.165) is 4.57 Å². The number of carbonyl (C=O) groups excluding carboxylic acids is 1. The number of hydrogen-bond acceptors (Lipinski definition) is 8. The number of fused-ring (bicyclic) bond motifs is 1. The monoisotopic (exact) mass is 498 g/mol. The Morgan fingerprint density at radius 3 is 2.51 bits per heavy atom. The minimum atomic E-state index is -0.672. The first-order chi connectivity index (χ1) is 18.0. The van der Waals surface area contributed by atoms with Crippen LogP contribution in [0, 0.1) is 0 Å². The number of nitrogens with zero attached hydrogens (tertiary/aromatic N) is 4. The Labute approximate surface area is 210 Å². The van der Waals surface area contributed by atoms with Crippen molar-refractivity contribution in [2.24, 2.45) is 0 Å². The number of ether oxygens (including phenoxy) is 2. The van der Waals surface area contributed by atoms with Crippen molar-refractivity contribution in [3.63, 3.8) is 0 Å². The highest BCUT2D eigenvalue weighted by atomic mass is 16.5. The molecule has 0 aliphatic heterocycles. The molecular formula is C27H22N4O6. The molecule has 0 unspecified atom stereocenters. The van der Waals surface area contributed by atoms with Crippen molar-refractivity contribution in [1.29, 1.82) is 0 Å². The normalized spacial score (nSPS) is 11.0. The highest BCUT2D eigenvalue weighted by Gasteiger charge is 2.21. The average Bonchev–Trinajstić information content (AvgIpc) is 3.40. The van der Waals surface area contributed by atoms with E-state index >= 15 is 0 Å². The third-order valence-electron chi connectivity index (χ3n) is 5.79. The lowest BCUT2D eigenvalue weighted by Gasteiger charge is -2.14. The summed E-state index contributed by atoms with van der Waals surface area (Å²) in [5.74, 6) is 0.393. The molecule has 10 heteroatoms. The second-order valence-corrected chi connectivity index (χ2v) is 7.98. The first-order valence-corrected chi connectivity index (χ1v) is 11.5. The van der Waals surface area contributed by atoms with Crippen LogP contribution in [0.25, 0.3) is 28.0 Å². The number of esters is 1. The Morgan fingerprint density at radius 2 is 1.70 bits per heavy atom. The zero-order chi connectivity index (χ0) is 25.9. The van der Waals surface area contributed by atoms with Gasteiger partial charge in [0.15, 0.2) is 0 Å². The summed E-state index contributed by atoms with van der Waals surface area (Å²) < 4.78 is 18.3. The first-order valence-electron chi connectivity index (χ1n) is 11.5. The van der Waals surface area contributed by atoms with E-state index in [1.165, 1.54) is 23.8 Å². The Morgan fingerprint density at radius 1 is 0.973 bits per heavy atom. The first kappa shape index (κ1) is 23.7. The van der Waals surface area contributed by atoms with Crippen LogP contribution in [0.5, 0.6) is 5.75 Å². The molecule has 0 saturated carbocycles. The number of hydrogen-bond donors (Lipinski definition) is 0. The van der Waals surface area contributed by atoms with Crippen LogP contribution < -0.4 is 16.0 Å². The minimum Gasteiger partial charge on any atom is -0.493 e. The maximum atomic E-state index is 13.8. The Kier molecular flexibility index (Phi) is 6.38. The van der Waals surface area contributed by atoms with Crippen LogP contribution in [0.3, 0.4) is 0 Å². The zero-order valence-corrected chi connectivity index (χ0v) is 20.1. The third kappa shape index (κ3) is 4.29. The van der Waals surface area contributed by atoms with Gasteiger partial charge in [-0.15, -0.1) is 0 Å². The van der Waals surface area contributed by atoms with Crippen LogP contribution in [0.15, 0.2) is 86.9 Å². The molecule has 2 aromatic heterocycles. The summed E-state index contributed by atoms with van der Waals surface area (Å²) in [4.78, 5) is 44.1. The van der Waals surface area contributed by atoms with E-state index in [0.29, 0.717) is 29.3 Å². The lowest BCUT2D eigenvalue weighted by atomic mass is 10.1. The molecule has 0 fully saturated rings. The fraction of sp³-hybridized carbons (Fsp3) is 0.148. The summed E-state index contributed by atoms with van der Waals surface area (Å²) in [7, 11) is 1.23. The van der Waals surface area contributed by atoms with Crippen LogP contribution in [0.4, 0.5) is 0 Å². The molecule has 0 atom stereocenters. The quantitative estimate of drug-likeness (QED) is 0.313. The van der Waals surface area contributed by atoms with Gasteiger partial charge in [0, 0.05) is 0 Å². The summed E-state index contributed by atoms with van der Waals surface area (Å²) in [5, 5.41) is 4.35.